The number of nitrogens with one attached hydrogen (secondary N) is 2. The van der Waals surface area contributed by atoms with Crippen LogP contribution in [0.1, 0.15) is 58.1 Å². The van der Waals surface area contributed by atoms with E-state index in [2.05, 4.69) is 29.5 Å². The summed E-state index contributed by atoms with van der Waals surface area (Å²) in [7, 11) is 0. The van der Waals surface area contributed by atoms with Gasteiger partial charge in [-0.1, -0.05) is 75.2 Å². The summed E-state index contributed by atoms with van der Waals surface area (Å²) < 4.78 is 7.74. The number of unbranched alkanes of at least 4 members (excludes halogenated alkanes) is 3. The summed E-state index contributed by atoms with van der Waals surface area (Å²) in [6.45, 7) is 6.89. The van der Waals surface area contributed by atoms with Crippen LogP contribution in [0.3, 0.4) is 0 Å². The van der Waals surface area contributed by atoms with Crippen molar-refractivity contribution < 1.29 is 9.53 Å². The van der Waals surface area contributed by atoms with E-state index < -0.39 is 6.04 Å². The average molecular weight is 492 g/mol. The molecule has 2 heterocycles. The molecule has 3 aromatic rings. The molecule has 1 aliphatic rings. The number of carbonyl (C=O) groups excluding carboxylic acids is 1. The Morgan fingerprint density at radius 1 is 1.09 bits per heavy atom. The minimum Gasteiger partial charge on any atom is -0.494 e. The van der Waals surface area contributed by atoms with Gasteiger partial charge in [0.2, 0.25) is 11.1 Å². The first-order valence-electron chi connectivity index (χ1n) is 12.3. The summed E-state index contributed by atoms with van der Waals surface area (Å²) in [5.41, 5.74) is 3.05. The second kappa shape index (κ2) is 11.9. The third-order valence-electron chi connectivity index (χ3n) is 5.85. The maximum absolute atomic E-state index is 13.5. The highest BCUT2D eigenvalue weighted by Crippen LogP contribution is 2.37. The average Bonchev–Trinajstić information content (AvgIpc) is 3.26. The van der Waals surface area contributed by atoms with Crippen LogP contribution in [-0.4, -0.2) is 33.0 Å². The normalized spacial score (nSPS) is 14.9. The van der Waals surface area contributed by atoms with E-state index in [1.807, 2.05) is 66.2 Å². The Morgan fingerprint density at radius 2 is 1.86 bits per heavy atom. The molecule has 1 aliphatic heterocycles. The number of hydrogen-bond acceptors (Lipinski definition) is 6. The van der Waals surface area contributed by atoms with Gasteiger partial charge in [0.15, 0.2) is 0 Å². The lowest BCUT2D eigenvalue weighted by atomic mass is 9.95. The Hall–Kier alpha value is -3.26. The Morgan fingerprint density at radius 3 is 2.57 bits per heavy atom. The summed E-state index contributed by atoms with van der Waals surface area (Å²) in [6, 6.07) is 17.0. The van der Waals surface area contributed by atoms with Crippen LogP contribution in [0.5, 0.6) is 5.75 Å². The van der Waals surface area contributed by atoms with E-state index in [1.54, 1.807) is 11.8 Å². The molecule has 8 heteroatoms. The van der Waals surface area contributed by atoms with E-state index in [4.69, 9.17) is 9.84 Å². The zero-order valence-corrected chi connectivity index (χ0v) is 21.4. The van der Waals surface area contributed by atoms with Crippen LogP contribution in [0.25, 0.3) is 0 Å². The Labute approximate surface area is 211 Å². The number of carbonyl (C=O) groups is 1. The highest BCUT2D eigenvalue weighted by molar-refractivity contribution is 7.99. The van der Waals surface area contributed by atoms with Crippen LogP contribution < -0.4 is 15.4 Å². The summed E-state index contributed by atoms with van der Waals surface area (Å²) in [5.74, 6) is 2.16. The summed E-state index contributed by atoms with van der Waals surface area (Å²) in [4.78, 5) is 18.1. The van der Waals surface area contributed by atoms with Crippen LogP contribution in [0.15, 0.2) is 71.0 Å². The van der Waals surface area contributed by atoms with Gasteiger partial charge in [-0.2, -0.15) is 4.98 Å². The van der Waals surface area contributed by atoms with E-state index in [1.165, 1.54) is 19.3 Å². The first kappa shape index (κ1) is 24.9. The second-order valence-corrected chi connectivity index (χ2v) is 9.69. The lowest BCUT2D eigenvalue weighted by Crippen LogP contribution is -2.31. The fourth-order valence-corrected chi connectivity index (χ4v) is 4.66. The monoisotopic (exact) mass is 491 g/mol. The van der Waals surface area contributed by atoms with Gasteiger partial charge in [-0.25, -0.2) is 4.68 Å². The van der Waals surface area contributed by atoms with E-state index >= 15 is 0 Å². The third kappa shape index (κ3) is 6.06. The van der Waals surface area contributed by atoms with Crippen molar-refractivity contribution in [1.82, 2.24) is 14.8 Å². The number of para-hydroxylation sites is 1. The van der Waals surface area contributed by atoms with Gasteiger partial charge in [-0.15, -0.1) is 5.10 Å². The molecular formula is C27H33N5O2S. The van der Waals surface area contributed by atoms with Crippen LogP contribution >= 0.6 is 11.8 Å². The highest BCUT2D eigenvalue weighted by Gasteiger charge is 2.34. The lowest BCUT2D eigenvalue weighted by molar-refractivity contribution is -0.113. The number of anilines is 2. The van der Waals surface area contributed by atoms with Crippen LogP contribution in [0.2, 0.25) is 0 Å². The van der Waals surface area contributed by atoms with Crippen molar-refractivity contribution in [2.45, 2.75) is 57.7 Å². The summed E-state index contributed by atoms with van der Waals surface area (Å²) in [5, 5.41) is 11.7. The van der Waals surface area contributed by atoms with Gasteiger partial charge in [0.1, 0.15) is 11.8 Å². The number of benzene rings is 2. The van der Waals surface area contributed by atoms with Crippen molar-refractivity contribution >= 4 is 29.3 Å². The minimum atomic E-state index is -0.410. The fraction of sp³-hybridized carbons (Fsp3) is 0.370. The van der Waals surface area contributed by atoms with Crippen molar-refractivity contribution in [2.75, 3.05) is 23.0 Å². The third-order valence-corrected chi connectivity index (χ3v) is 6.57. The van der Waals surface area contributed by atoms with E-state index in [0.717, 1.165) is 34.9 Å². The molecule has 0 fully saturated rings. The number of amides is 1. The number of fused-ring (bicyclic) bond motifs is 1. The van der Waals surface area contributed by atoms with Crippen molar-refractivity contribution in [3.8, 4) is 5.75 Å². The van der Waals surface area contributed by atoms with E-state index in [9.17, 15) is 4.79 Å². The topological polar surface area (TPSA) is 81.1 Å². The van der Waals surface area contributed by atoms with Crippen molar-refractivity contribution in [3.63, 3.8) is 0 Å². The smallest absolute Gasteiger partial charge is 0.255 e. The number of hydrogen-bond donors (Lipinski definition) is 2. The number of ether oxygens (including phenoxy) is 1. The number of nitrogens with zero attached hydrogens (tertiary/aromatic N) is 3. The molecular weight excluding hydrogens is 458 g/mol. The van der Waals surface area contributed by atoms with E-state index in [0.29, 0.717) is 23.3 Å². The maximum Gasteiger partial charge on any atom is 0.255 e. The molecule has 35 heavy (non-hydrogen) atoms. The molecule has 0 radical (unpaired) electrons. The molecule has 4 rings (SSSR count). The molecule has 0 bridgehead atoms. The molecule has 1 amide bonds. The van der Waals surface area contributed by atoms with Gasteiger partial charge in [0.25, 0.3) is 5.91 Å². The molecule has 184 valence electrons. The first-order valence-corrected chi connectivity index (χ1v) is 13.3. The summed E-state index contributed by atoms with van der Waals surface area (Å²) in [6.07, 6.45) is 4.67. The molecule has 0 aliphatic carbocycles. The van der Waals surface area contributed by atoms with Gasteiger partial charge < -0.3 is 15.4 Å². The molecule has 0 saturated carbocycles. The highest BCUT2D eigenvalue weighted by atomic mass is 32.2. The Kier molecular flexibility index (Phi) is 8.47. The summed E-state index contributed by atoms with van der Waals surface area (Å²) >= 11 is 1.57. The number of rotatable bonds is 11. The van der Waals surface area contributed by atoms with Gasteiger partial charge in [-0.3, -0.25) is 4.79 Å². The molecule has 0 saturated heterocycles. The Balaban J connectivity index is 1.62. The van der Waals surface area contributed by atoms with Gasteiger partial charge >= 0.3 is 0 Å². The van der Waals surface area contributed by atoms with Crippen LogP contribution in [-0.2, 0) is 4.79 Å². The standard InChI is InChI=1S/C27H33N5O2S/c1-4-6-7-11-18-34-22-16-14-20(15-17-22)24-23(25(33)29-21-12-9-8-10-13-21)19(3)28-26-30-27(35-5-2)31-32(24)26/h8-10,12-17,24H,4-7,11,18H2,1-3H3,(H,29,33)(H,28,30,31). The van der Waals surface area contributed by atoms with Crippen LogP contribution in [0.4, 0.5) is 11.6 Å². The van der Waals surface area contributed by atoms with Gasteiger partial charge in [-0.05, 0) is 48.9 Å². The van der Waals surface area contributed by atoms with Crippen LogP contribution in [0, 0.1) is 0 Å². The Bertz CT molecular complexity index is 1160. The molecule has 0 spiro atoms. The molecule has 2 N–H and O–H groups in total. The first-order chi connectivity index (χ1) is 17.1. The minimum absolute atomic E-state index is 0.173. The second-order valence-electron chi connectivity index (χ2n) is 8.46. The number of allylic oxidation sites excluding steroid dienone is 1. The zero-order chi connectivity index (χ0) is 24.6. The van der Waals surface area contributed by atoms with Crippen molar-refractivity contribution in [2.24, 2.45) is 0 Å². The van der Waals surface area contributed by atoms with Gasteiger partial charge in [0.05, 0.1) is 12.2 Å². The molecule has 2 aromatic carbocycles. The number of aromatic nitrogens is 3. The predicted molar refractivity (Wildman–Crippen MR) is 142 cm³/mol. The van der Waals surface area contributed by atoms with Crippen molar-refractivity contribution in [3.05, 3.63) is 71.4 Å². The molecule has 1 aromatic heterocycles. The quantitative estimate of drug-likeness (QED) is 0.243. The molecule has 1 unspecified atom stereocenters. The maximum atomic E-state index is 13.5. The lowest BCUT2D eigenvalue weighted by Gasteiger charge is -2.28. The predicted octanol–water partition coefficient (Wildman–Crippen LogP) is 6.28. The molecule has 7 nitrogen and oxygen atoms in total. The number of thioether (sulfide) groups is 1. The van der Waals surface area contributed by atoms with E-state index in [-0.39, 0.29) is 5.91 Å². The van der Waals surface area contributed by atoms with Crippen molar-refractivity contribution in [1.29, 1.82) is 0 Å². The fourth-order valence-electron chi connectivity index (χ4n) is 4.11. The molecule has 1 atom stereocenters. The largest absolute Gasteiger partial charge is 0.494 e. The van der Waals surface area contributed by atoms with Gasteiger partial charge in [0, 0.05) is 11.4 Å². The zero-order valence-electron chi connectivity index (χ0n) is 20.6. The SMILES string of the molecule is CCCCCCOc1ccc(C2C(C(=O)Nc3ccccc3)=C(C)Nc3nc(SCC)nn32)cc1.